The zero-order chi connectivity index (χ0) is 20.4. The Morgan fingerprint density at radius 1 is 0.567 bits per heavy atom. The van der Waals surface area contributed by atoms with Crippen LogP contribution in [0, 0.1) is 0 Å². The second-order valence-electron chi connectivity index (χ2n) is 7.48. The molecule has 1 nitrogen and oxygen atoms in total. The van der Waals surface area contributed by atoms with Gasteiger partial charge in [0.15, 0.2) is 0 Å². The molecule has 0 atom stereocenters. The monoisotopic (exact) mass is 405 g/mol. The van der Waals surface area contributed by atoms with Gasteiger partial charge in [-0.25, -0.2) is 0 Å². The highest BCUT2D eigenvalue weighted by atomic mass is 32.2. The standard InChI is InChI=1S/C28H23NS/c1-29-26-20-12-11-13-22(26)21-27(29)30-28(23-14-5-2-6-15-23,24-16-7-3-8-17-24)25-18-9-4-10-19-25/h2-21H,1H3. The Hall–Kier alpha value is -3.23. The first kappa shape index (κ1) is 18.8. The summed E-state index contributed by atoms with van der Waals surface area (Å²) in [5, 5.41) is 2.51. The number of aryl methyl sites for hydroxylation is 1. The van der Waals surface area contributed by atoms with Crippen molar-refractivity contribution in [2.75, 3.05) is 0 Å². The number of thioether (sulfide) groups is 1. The number of aromatic nitrogens is 1. The molecule has 30 heavy (non-hydrogen) atoms. The van der Waals surface area contributed by atoms with E-state index < -0.39 is 0 Å². The predicted octanol–water partition coefficient (Wildman–Crippen LogP) is 7.26. The second-order valence-corrected chi connectivity index (χ2v) is 8.72. The second kappa shape index (κ2) is 7.89. The summed E-state index contributed by atoms with van der Waals surface area (Å²) in [5.41, 5.74) is 5.08. The van der Waals surface area contributed by atoms with Crippen molar-refractivity contribution in [3.8, 4) is 0 Å². The van der Waals surface area contributed by atoms with Gasteiger partial charge in [-0.05, 0) is 28.8 Å². The summed E-state index contributed by atoms with van der Waals surface area (Å²) in [6.07, 6.45) is 0. The van der Waals surface area contributed by atoms with Crippen molar-refractivity contribution in [2.45, 2.75) is 9.77 Å². The van der Waals surface area contributed by atoms with Gasteiger partial charge in [-0.3, -0.25) is 0 Å². The van der Waals surface area contributed by atoms with Gasteiger partial charge in [0.25, 0.3) is 0 Å². The van der Waals surface area contributed by atoms with Crippen LogP contribution in [0.2, 0.25) is 0 Å². The Morgan fingerprint density at radius 3 is 1.47 bits per heavy atom. The highest BCUT2D eigenvalue weighted by molar-refractivity contribution is 8.00. The number of nitrogens with zero attached hydrogens (tertiary/aromatic N) is 1. The molecule has 0 spiro atoms. The van der Waals surface area contributed by atoms with Crippen LogP contribution < -0.4 is 0 Å². The van der Waals surface area contributed by atoms with Gasteiger partial charge in [0, 0.05) is 18.0 Å². The van der Waals surface area contributed by atoms with E-state index in [9.17, 15) is 0 Å². The molecular formula is C28H23NS. The largest absolute Gasteiger partial charge is 0.339 e. The van der Waals surface area contributed by atoms with E-state index in [4.69, 9.17) is 0 Å². The van der Waals surface area contributed by atoms with Crippen LogP contribution in [0.4, 0.5) is 0 Å². The minimum absolute atomic E-state index is 0.355. The average Bonchev–Trinajstić information content (AvgIpc) is 3.14. The molecule has 4 aromatic carbocycles. The summed E-state index contributed by atoms with van der Waals surface area (Å²) in [5.74, 6) is 0. The third-order valence-electron chi connectivity index (χ3n) is 5.71. The summed E-state index contributed by atoms with van der Waals surface area (Å²) >= 11 is 1.91. The Balaban J connectivity index is 1.80. The molecule has 0 bridgehead atoms. The number of rotatable bonds is 5. The molecule has 0 radical (unpaired) electrons. The Morgan fingerprint density at radius 2 is 1.00 bits per heavy atom. The fraction of sp³-hybridized carbons (Fsp3) is 0.0714. The van der Waals surface area contributed by atoms with Gasteiger partial charge in [0.1, 0.15) is 0 Å². The van der Waals surface area contributed by atoms with E-state index in [0.717, 1.165) is 0 Å². The molecular weight excluding hydrogens is 382 g/mol. The first-order chi connectivity index (χ1) is 14.8. The highest BCUT2D eigenvalue weighted by Gasteiger charge is 2.38. The average molecular weight is 406 g/mol. The van der Waals surface area contributed by atoms with Crippen molar-refractivity contribution in [2.24, 2.45) is 7.05 Å². The number of benzene rings is 4. The van der Waals surface area contributed by atoms with E-state index in [0.29, 0.717) is 0 Å². The van der Waals surface area contributed by atoms with Crippen molar-refractivity contribution in [3.63, 3.8) is 0 Å². The van der Waals surface area contributed by atoms with Crippen molar-refractivity contribution >= 4 is 22.7 Å². The van der Waals surface area contributed by atoms with Gasteiger partial charge in [0.05, 0.1) is 9.77 Å². The molecule has 0 aliphatic rings. The summed E-state index contributed by atoms with van der Waals surface area (Å²) in [6.45, 7) is 0. The molecule has 0 saturated heterocycles. The zero-order valence-electron chi connectivity index (χ0n) is 16.9. The fourth-order valence-corrected chi connectivity index (χ4v) is 5.71. The summed E-state index contributed by atoms with van der Waals surface area (Å²) in [4.78, 5) is 0. The van der Waals surface area contributed by atoms with E-state index in [-0.39, 0.29) is 4.75 Å². The highest BCUT2D eigenvalue weighted by Crippen LogP contribution is 2.52. The third-order valence-corrected chi connectivity index (χ3v) is 7.32. The number of hydrogen-bond donors (Lipinski definition) is 0. The fourth-order valence-electron chi connectivity index (χ4n) is 4.21. The molecule has 0 fully saturated rings. The van der Waals surface area contributed by atoms with Crippen LogP contribution in [0.1, 0.15) is 16.7 Å². The van der Waals surface area contributed by atoms with E-state index in [1.807, 2.05) is 11.8 Å². The third kappa shape index (κ3) is 3.14. The molecule has 0 aliphatic carbocycles. The number of hydrogen-bond acceptors (Lipinski definition) is 1. The molecule has 1 heterocycles. The van der Waals surface area contributed by atoms with Crippen LogP contribution in [-0.4, -0.2) is 4.57 Å². The number of fused-ring (bicyclic) bond motifs is 1. The van der Waals surface area contributed by atoms with Crippen LogP contribution in [0.25, 0.3) is 10.9 Å². The van der Waals surface area contributed by atoms with E-state index in [2.05, 4.69) is 133 Å². The van der Waals surface area contributed by atoms with E-state index in [1.165, 1.54) is 32.6 Å². The quantitative estimate of drug-likeness (QED) is 0.220. The Kier molecular flexibility index (Phi) is 4.94. The summed E-state index contributed by atoms with van der Waals surface area (Å²) in [6, 6.07) is 43.5. The number of para-hydroxylation sites is 1. The molecule has 1 aromatic heterocycles. The normalized spacial score (nSPS) is 11.6. The van der Waals surface area contributed by atoms with Crippen LogP contribution in [0.15, 0.2) is 126 Å². The first-order valence-electron chi connectivity index (χ1n) is 10.2. The lowest BCUT2D eigenvalue weighted by Gasteiger charge is -2.35. The molecule has 0 unspecified atom stereocenters. The van der Waals surface area contributed by atoms with Crippen molar-refractivity contribution < 1.29 is 0 Å². The van der Waals surface area contributed by atoms with Gasteiger partial charge in [-0.1, -0.05) is 121 Å². The maximum Gasteiger partial charge on any atom is 0.0968 e. The van der Waals surface area contributed by atoms with Crippen LogP contribution >= 0.6 is 11.8 Å². The molecule has 0 amide bonds. The minimum atomic E-state index is -0.355. The van der Waals surface area contributed by atoms with E-state index >= 15 is 0 Å². The molecule has 146 valence electrons. The van der Waals surface area contributed by atoms with Crippen LogP contribution in [0.5, 0.6) is 0 Å². The Labute approximate surface area is 182 Å². The summed E-state index contributed by atoms with van der Waals surface area (Å²) < 4.78 is 1.95. The lowest BCUT2D eigenvalue weighted by atomic mass is 9.84. The zero-order valence-corrected chi connectivity index (χ0v) is 17.7. The van der Waals surface area contributed by atoms with Crippen molar-refractivity contribution in [3.05, 3.63) is 138 Å². The van der Waals surface area contributed by atoms with Gasteiger partial charge in [-0.2, -0.15) is 0 Å². The molecule has 0 N–H and O–H groups in total. The van der Waals surface area contributed by atoms with Crippen LogP contribution in [0.3, 0.4) is 0 Å². The minimum Gasteiger partial charge on any atom is -0.339 e. The molecule has 0 saturated carbocycles. The van der Waals surface area contributed by atoms with Gasteiger partial charge < -0.3 is 4.57 Å². The maximum absolute atomic E-state index is 2.31. The van der Waals surface area contributed by atoms with E-state index in [1.54, 1.807) is 0 Å². The van der Waals surface area contributed by atoms with Crippen LogP contribution in [-0.2, 0) is 11.8 Å². The predicted molar refractivity (Wildman–Crippen MR) is 128 cm³/mol. The molecule has 2 heteroatoms. The lowest BCUT2D eigenvalue weighted by Crippen LogP contribution is -2.25. The SMILES string of the molecule is Cn1c(SC(c2ccccc2)(c2ccccc2)c2ccccc2)cc2ccccc21. The molecule has 0 aliphatic heterocycles. The first-order valence-corrected chi connectivity index (χ1v) is 11.0. The maximum atomic E-state index is 2.31. The van der Waals surface area contributed by atoms with Crippen molar-refractivity contribution in [1.29, 1.82) is 0 Å². The lowest BCUT2D eigenvalue weighted by molar-refractivity contribution is 0.835. The van der Waals surface area contributed by atoms with Crippen molar-refractivity contribution in [1.82, 2.24) is 4.57 Å². The summed E-state index contributed by atoms with van der Waals surface area (Å²) in [7, 11) is 2.16. The Bertz CT molecular complexity index is 1160. The van der Waals surface area contributed by atoms with Gasteiger partial charge in [0.2, 0.25) is 0 Å². The molecule has 5 rings (SSSR count). The molecule has 5 aromatic rings. The van der Waals surface area contributed by atoms with Gasteiger partial charge >= 0.3 is 0 Å². The van der Waals surface area contributed by atoms with Gasteiger partial charge in [-0.15, -0.1) is 0 Å². The smallest absolute Gasteiger partial charge is 0.0968 e. The topological polar surface area (TPSA) is 4.93 Å².